The lowest BCUT2D eigenvalue weighted by atomic mass is 9.91. The minimum atomic E-state index is -0.270. The smallest absolute Gasteiger partial charge is 0.222 e. The van der Waals surface area contributed by atoms with Gasteiger partial charge < -0.3 is 16.4 Å². The van der Waals surface area contributed by atoms with Crippen LogP contribution in [0, 0.1) is 18.7 Å². The lowest BCUT2D eigenvalue weighted by molar-refractivity contribution is -0.122. The number of primary amides is 1. The highest BCUT2D eigenvalue weighted by Gasteiger charge is 2.30. The fourth-order valence-electron chi connectivity index (χ4n) is 2.97. The maximum atomic E-state index is 13.8. The molecule has 1 amide bonds. The summed E-state index contributed by atoms with van der Waals surface area (Å²) in [6, 6.07) is 3.35. The van der Waals surface area contributed by atoms with E-state index in [2.05, 4.69) is 11.8 Å². The third-order valence-electron chi connectivity index (χ3n) is 4.39. The molecule has 2 rings (SSSR count). The van der Waals surface area contributed by atoms with Crippen LogP contribution in [0.15, 0.2) is 12.1 Å². The number of hydrogen-bond acceptors (Lipinski definition) is 3. The van der Waals surface area contributed by atoms with Crippen molar-refractivity contribution < 1.29 is 9.18 Å². The van der Waals surface area contributed by atoms with E-state index in [0.29, 0.717) is 12.1 Å². The molecule has 1 saturated heterocycles. The van der Waals surface area contributed by atoms with Crippen LogP contribution in [0.4, 0.5) is 10.1 Å². The molecule has 1 aliphatic heterocycles. The van der Waals surface area contributed by atoms with Crippen molar-refractivity contribution in [2.45, 2.75) is 45.7 Å². The zero-order valence-corrected chi connectivity index (χ0v) is 12.9. The lowest BCUT2D eigenvalue weighted by Crippen LogP contribution is -2.46. The van der Waals surface area contributed by atoms with Gasteiger partial charge in [-0.1, -0.05) is 0 Å². The van der Waals surface area contributed by atoms with E-state index < -0.39 is 0 Å². The van der Waals surface area contributed by atoms with Gasteiger partial charge in [0.15, 0.2) is 0 Å². The minimum Gasteiger partial charge on any atom is -0.369 e. The van der Waals surface area contributed by atoms with Gasteiger partial charge >= 0.3 is 0 Å². The van der Waals surface area contributed by atoms with Gasteiger partial charge in [0.25, 0.3) is 0 Å². The van der Waals surface area contributed by atoms with Crippen LogP contribution >= 0.6 is 0 Å². The second-order valence-electron chi connectivity index (χ2n) is 6.13. The number of benzene rings is 1. The Morgan fingerprint density at radius 2 is 2.10 bits per heavy atom. The van der Waals surface area contributed by atoms with Gasteiger partial charge in [-0.2, -0.15) is 0 Å². The molecule has 116 valence electrons. The first-order chi connectivity index (χ1) is 9.81. The Hall–Kier alpha value is -1.62. The molecule has 1 fully saturated rings. The zero-order valence-electron chi connectivity index (χ0n) is 12.9. The van der Waals surface area contributed by atoms with Gasteiger partial charge in [0.2, 0.25) is 5.91 Å². The standard InChI is InChI=1S/C16H24FN3O/c1-9-6-15(13(11(3)18)7-14(9)17)20-8-12(16(19)21)5-4-10(20)2/h6-7,10-12H,4-5,8,18H2,1-3H3,(H2,19,21)/t10?,11-,12?/m0/s1. The number of carbonyl (C=O) groups excluding carboxylic acids is 1. The van der Waals surface area contributed by atoms with E-state index in [-0.39, 0.29) is 29.7 Å². The summed E-state index contributed by atoms with van der Waals surface area (Å²) in [7, 11) is 0. The molecule has 1 aliphatic rings. The predicted octanol–water partition coefficient (Wildman–Crippen LogP) is 2.24. The number of piperidine rings is 1. The van der Waals surface area contributed by atoms with Crippen LogP contribution < -0.4 is 16.4 Å². The number of hydrogen-bond donors (Lipinski definition) is 2. The molecule has 0 aromatic heterocycles. The fraction of sp³-hybridized carbons (Fsp3) is 0.562. The second kappa shape index (κ2) is 6.02. The van der Waals surface area contributed by atoms with E-state index in [1.54, 1.807) is 6.92 Å². The summed E-state index contributed by atoms with van der Waals surface area (Å²) in [6.45, 7) is 6.26. The van der Waals surface area contributed by atoms with Crippen molar-refractivity contribution in [2.24, 2.45) is 17.4 Å². The van der Waals surface area contributed by atoms with E-state index in [4.69, 9.17) is 11.5 Å². The van der Waals surface area contributed by atoms with Gasteiger partial charge in [0.1, 0.15) is 5.82 Å². The molecular weight excluding hydrogens is 269 g/mol. The molecule has 0 aliphatic carbocycles. The van der Waals surface area contributed by atoms with Gasteiger partial charge in [-0.15, -0.1) is 0 Å². The Morgan fingerprint density at radius 1 is 1.43 bits per heavy atom. The highest BCUT2D eigenvalue weighted by molar-refractivity contribution is 5.78. The monoisotopic (exact) mass is 293 g/mol. The molecular formula is C16H24FN3O. The average molecular weight is 293 g/mol. The zero-order chi connectivity index (χ0) is 15.7. The molecule has 1 heterocycles. The number of aryl methyl sites for hydroxylation is 1. The Balaban J connectivity index is 2.43. The van der Waals surface area contributed by atoms with Gasteiger partial charge in [-0.25, -0.2) is 4.39 Å². The van der Waals surface area contributed by atoms with Crippen molar-refractivity contribution in [2.75, 3.05) is 11.4 Å². The van der Waals surface area contributed by atoms with E-state index >= 15 is 0 Å². The summed E-state index contributed by atoms with van der Waals surface area (Å²) >= 11 is 0. The van der Waals surface area contributed by atoms with Crippen molar-refractivity contribution >= 4 is 11.6 Å². The van der Waals surface area contributed by atoms with Crippen molar-refractivity contribution in [1.82, 2.24) is 0 Å². The van der Waals surface area contributed by atoms with Crippen molar-refractivity contribution in [3.63, 3.8) is 0 Å². The number of halogens is 1. The molecule has 0 bridgehead atoms. The van der Waals surface area contributed by atoms with Gasteiger partial charge in [-0.05, 0) is 56.9 Å². The Kier molecular flexibility index (Phi) is 4.52. The van der Waals surface area contributed by atoms with E-state index in [1.165, 1.54) is 6.07 Å². The summed E-state index contributed by atoms with van der Waals surface area (Å²) in [4.78, 5) is 13.6. The van der Waals surface area contributed by atoms with Crippen molar-refractivity contribution in [3.05, 3.63) is 29.1 Å². The van der Waals surface area contributed by atoms with Crippen molar-refractivity contribution in [3.8, 4) is 0 Å². The maximum Gasteiger partial charge on any atom is 0.222 e. The van der Waals surface area contributed by atoms with Crippen LogP contribution in [0.1, 0.15) is 43.9 Å². The number of nitrogens with two attached hydrogens (primary N) is 2. The normalized spacial score (nSPS) is 24.0. The highest BCUT2D eigenvalue weighted by atomic mass is 19.1. The van der Waals surface area contributed by atoms with Crippen molar-refractivity contribution in [1.29, 1.82) is 0 Å². The molecule has 0 radical (unpaired) electrons. The number of anilines is 1. The average Bonchev–Trinajstić information content (AvgIpc) is 2.41. The van der Waals surface area contributed by atoms with Gasteiger partial charge in [0.05, 0.1) is 5.92 Å². The summed E-state index contributed by atoms with van der Waals surface area (Å²) in [5.41, 5.74) is 13.7. The predicted molar refractivity (Wildman–Crippen MR) is 82.5 cm³/mol. The lowest BCUT2D eigenvalue weighted by Gasteiger charge is -2.40. The molecule has 1 aromatic carbocycles. The fourth-order valence-corrected chi connectivity index (χ4v) is 2.97. The molecule has 3 atom stereocenters. The first kappa shape index (κ1) is 15.8. The van der Waals surface area contributed by atoms with Crippen LogP contribution in [0.3, 0.4) is 0 Å². The molecule has 2 unspecified atom stereocenters. The first-order valence-corrected chi connectivity index (χ1v) is 7.42. The Bertz CT molecular complexity index is 545. The van der Waals surface area contributed by atoms with Crippen LogP contribution in [0.5, 0.6) is 0 Å². The molecule has 21 heavy (non-hydrogen) atoms. The number of amides is 1. The Morgan fingerprint density at radius 3 is 2.67 bits per heavy atom. The maximum absolute atomic E-state index is 13.8. The molecule has 0 saturated carbocycles. The summed E-state index contributed by atoms with van der Waals surface area (Å²) in [5.74, 6) is -0.678. The quantitative estimate of drug-likeness (QED) is 0.897. The third kappa shape index (κ3) is 3.18. The molecule has 1 aromatic rings. The molecule has 4 nitrogen and oxygen atoms in total. The summed E-state index contributed by atoms with van der Waals surface area (Å²) in [6.07, 6.45) is 1.70. The highest BCUT2D eigenvalue weighted by Crippen LogP contribution is 2.34. The number of carbonyl (C=O) groups is 1. The number of nitrogens with zero attached hydrogens (tertiary/aromatic N) is 1. The van der Waals surface area contributed by atoms with Crippen LogP contribution in [0.2, 0.25) is 0 Å². The SMILES string of the molecule is Cc1cc(N2CC(C(N)=O)CCC2C)c([C@H](C)N)cc1F. The van der Waals surface area contributed by atoms with E-state index in [9.17, 15) is 9.18 Å². The van der Waals surface area contributed by atoms with Crippen LogP contribution in [-0.4, -0.2) is 18.5 Å². The van der Waals surface area contributed by atoms with Gasteiger partial charge in [-0.3, -0.25) is 4.79 Å². The largest absolute Gasteiger partial charge is 0.369 e. The Labute approximate surface area is 125 Å². The van der Waals surface area contributed by atoms with Gasteiger partial charge in [0, 0.05) is 24.3 Å². The minimum absolute atomic E-state index is 0.160. The second-order valence-corrected chi connectivity index (χ2v) is 6.13. The summed E-state index contributed by atoms with van der Waals surface area (Å²) in [5, 5.41) is 0. The molecule has 0 spiro atoms. The number of rotatable bonds is 3. The third-order valence-corrected chi connectivity index (χ3v) is 4.39. The van der Waals surface area contributed by atoms with E-state index in [1.807, 2.05) is 13.0 Å². The molecule has 5 heteroatoms. The summed E-state index contributed by atoms with van der Waals surface area (Å²) < 4.78 is 13.8. The van der Waals surface area contributed by atoms with E-state index in [0.717, 1.165) is 24.1 Å². The van der Waals surface area contributed by atoms with Crippen LogP contribution in [-0.2, 0) is 4.79 Å². The topological polar surface area (TPSA) is 72.3 Å². The van der Waals surface area contributed by atoms with Crippen LogP contribution in [0.25, 0.3) is 0 Å². The first-order valence-electron chi connectivity index (χ1n) is 7.42. The molecule has 4 N–H and O–H groups in total.